The first-order chi connectivity index (χ1) is 13.4. The first kappa shape index (κ1) is 19.9. The number of carbonyl (C=O) groups excluding carboxylic acids is 1. The van der Waals surface area contributed by atoms with Gasteiger partial charge in [-0.3, -0.25) is 14.8 Å². The van der Waals surface area contributed by atoms with Crippen LogP contribution in [-0.4, -0.2) is 30.7 Å². The summed E-state index contributed by atoms with van der Waals surface area (Å²) >= 11 is 0. The van der Waals surface area contributed by atoms with Crippen LogP contribution in [0.25, 0.3) is 11.0 Å². The van der Waals surface area contributed by atoms with Gasteiger partial charge in [-0.15, -0.1) is 0 Å². The first-order valence-electron chi connectivity index (χ1n) is 8.18. The highest BCUT2D eigenvalue weighted by Crippen LogP contribution is 2.25. The van der Waals surface area contributed by atoms with Gasteiger partial charge in [-0.1, -0.05) is 0 Å². The zero-order valence-electron chi connectivity index (χ0n) is 14.3. The number of fused-ring (bicyclic) bond motifs is 1. The predicted molar refractivity (Wildman–Crippen MR) is 95.9 cm³/mol. The SMILES string of the molecule is O=C(c1ccc2nccnc2c1)c1c(F)c(F)cc(CCCN[SH](=O)=O)c1F. The number of hydrogen-bond acceptors (Lipinski definition) is 5. The molecule has 0 amide bonds. The van der Waals surface area contributed by atoms with Crippen LogP contribution in [0, 0.1) is 17.5 Å². The van der Waals surface area contributed by atoms with Crippen LogP contribution in [-0.2, 0) is 17.3 Å². The van der Waals surface area contributed by atoms with E-state index in [1.807, 2.05) is 0 Å². The predicted octanol–water partition coefficient (Wildman–Crippen LogP) is 2.33. The Morgan fingerprint density at radius 2 is 1.71 bits per heavy atom. The van der Waals surface area contributed by atoms with Gasteiger partial charge >= 0.3 is 0 Å². The average molecular weight is 409 g/mol. The number of carbonyl (C=O) groups is 1. The Kier molecular flexibility index (Phi) is 6.00. The highest BCUT2D eigenvalue weighted by molar-refractivity contribution is 7.70. The minimum absolute atomic E-state index is 0.00373. The number of aromatic nitrogens is 2. The zero-order valence-corrected chi connectivity index (χ0v) is 15.2. The van der Waals surface area contributed by atoms with Crippen molar-refractivity contribution in [3.8, 4) is 0 Å². The largest absolute Gasteiger partial charge is 0.288 e. The van der Waals surface area contributed by atoms with Gasteiger partial charge in [-0.2, -0.15) is 0 Å². The topological polar surface area (TPSA) is 89.0 Å². The lowest BCUT2D eigenvalue weighted by Crippen LogP contribution is -2.15. The molecule has 10 heteroatoms. The second kappa shape index (κ2) is 8.44. The number of aryl methyl sites for hydroxylation is 1. The summed E-state index contributed by atoms with van der Waals surface area (Å²) in [5.74, 6) is -5.13. The van der Waals surface area contributed by atoms with Crippen molar-refractivity contribution >= 4 is 27.7 Å². The summed E-state index contributed by atoms with van der Waals surface area (Å²) in [5, 5.41) is 0. The average Bonchev–Trinajstić information content (AvgIpc) is 2.68. The van der Waals surface area contributed by atoms with E-state index < -0.39 is 39.7 Å². The maximum Gasteiger partial charge on any atom is 0.201 e. The third-order valence-corrected chi connectivity index (χ3v) is 4.54. The summed E-state index contributed by atoms with van der Waals surface area (Å²) in [5.41, 5.74) is -0.438. The van der Waals surface area contributed by atoms with E-state index in [4.69, 9.17) is 0 Å². The highest BCUT2D eigenvalue weighted by atomic mass is 32.2. The molecule has 0 saturated carbocycles. The van der Waals surface area contributed by atoms with Gasteiger partial charge in [0, 0.05) is 24.5 Å². The number of thiol groups is 1. The molecule has 1 heterocycles. The van der Waals surface area contributed by atoms with E-state index in [0.29, 0.717) is 17.1 Å². The minimum Gasteiger partial charge on any atom is -0.288 e. The van der Waals surface area contributed by atoms with Crippen LogP contribution in [0.1, 0.15) is 27.9 Å². The lowest BCUT2D eigenvalue weighted by Gasteiger charge is -2.10. The van der Waals surface area contributed by atoms with Crippen molar-refractivity contribution in [3.05, 3.63) is 70.8 Å². The lowest BCUT2D eigenvalue weighted by atomic mass is 9.97. The van der Waals surface area contributed by atoms with Gasteiger partial charge in [0.2, 0.25) is 10.9 Å². The Morgan fingerprint density at radius 1 is 1.00 bits per heavy atom. The van der Waals surface area contributed by atoms with Gasteiger partial charge in [-0.05, 0) is 42.7 Å². The van der Waals surface area contributed by atoms with Crippen molar-refractivity contribution in [2.75, 3.05) is 6.54 Å². The Labute approximate surface area is 159 Å². The van der Waals surface area contributed by atoms with Crippen LogP contribution in [0.3, 0.4) is 0 Å². The van der Waals surface area contributed by atoms with Crippen LogP contribution >= 0.6 is 0 Å². The second-order valence-corrected chi connectivity index (χ2v) is 6.71. The molecule has 0 fully saturated rings. The molecule has 146 valence electrons. The van der Waals surface area contributed by atoms with Gasteiger partial charge in [0.15, 0.2) is 17.4 Å². The maximum atomic E-state index is 14.8. The molecule has 0 atom stereocenters. The summed E-state index contributed by atoms with van der Waals surface area (Å²) in [6.07, 6.45) is 2.93. The second-order valence-electron chi connectivity index (χ2n) is 5.88. The quantitative estimate of drug-likeness (QED) is 0.271. The van der Waals surface area contributed by atoms with Gasteiger partial charge in [0.25, 0.3) is 0 Å². The van der Waals surface area contributed by atoms with Crippen LogP contribution < -0.4 is 4.72 Å². The molecule has 2 aromatic carbocycles. The first-order valence-corrected chi connectivity index (χ1v) is 9.36. The number of nitrogens with one attached hydrogen (secondary N) is 1. The lowest BCUT2D eigenvalue weighted by molar-refractivity contribution is 0.102. The smallest absolute Gasteiger partial charge is 0.201 e. The molecule has 0 aliphatic heterocycles. The third kappa shape index (κ3) is 4.18. The fourth-order valence-electron chi connectivity index (χ4n) is 2.74. The van der Waals surface area contributed by atoms with Gasteiger partial charge in [0.1, 0.15) is 5.82 Å². The molecule has 0 aliphatic rings. The van der Waals surface area contributed by atoms with Crippen molar-refractivity contribution in [2.24, 2.45) is 0 Å². The monoisotopic (exact) mass is 409 g/mol. The Bertz CT molecular complexity index is 1130. The molecule has 28 heavy (non-hydrogen) atoms. The molecule has 3 rings (SSSR count). The highest BCUT2D eigenvalue weighted by Gasteiger charge is 2.25. The van der Waals surface area contributed by atoms with Crippen LogP contribution in [0.2, 0.25) is 0 Å². The Hall–Kier alpha value is -2.85. The minimum atomic E-state index is -2.80. The number of rotatable bonds is 7. The van der Waals surface area contributed by atoms with E-state index in [2.05, 4.69) is 14.7 Å². The fourth-order valence-corrected chi connectivity index (χ4v) is 3.08. The van der Waals surface area contributed by atoms with E-state index >= 15 is 0 Å². The molecule has 0 saturated heterocycles. The van der Waals surface area contributed by atoms with Gasteiger partial charge in [-0.25, -0.2) is 26.3 Å². The van der Waals surface area contributed by atoms with Crippen LogP contribution in [0.4, 0.5) is 13.2 Å². The molecular formula is C18H14F3N3O3S. The van der Waals surface area contributed by atoms with Crippen LogP contribution in [0.15, 0.2) is 36.7 Å². The molecule has 1 N–H and O–H groups in total. The van der Waals surface area contributed by atoms with E-state index in [1.165, 1.54) is 30.6 Å². The standard InChI is InChI=1S/C18H14F3N3O3S/c19-12-8-10(2-1-5-24-28(26)27)16(20)15(17(12)21)18(25)11-3-4-13-14(9-11)23-7-6-22-13/h3-4,6-9,28H,1-2,5H2,(H,24,26,27). The molecule has 0 bridgehead atoms. The molecule has 0 unspecified atom stereocenters. The normalized spacial score (nSPS) is 11.3. The fraction of sp³-hybridized carbons (Fsp3) is 0.167. The summed E-state index contributed by atoms with van der Waals surface area (Å²) in [6.45, 7) is 0.00373. The molecule has 6 nitrogen and oxygen atoms in total. The van der Waals surface area contributed by atoms with Gasteiger partial charge < -0.3 is 0 Å². The molecule has 3 aromatic rings. The Balaban J connectivity index is 1.95. The molecule has 0 radical (unpaired) electrons. The van der Waals surface area contributed by atoms with E-state index in [9.17, 15) is 26.4 Å². The molecular weight excluding hydrogens is 395 g/mol. The van der Waals surface area contributed by atoms with Crippen molar-refractivity contribution in [2.45, 2.75) is 12.8 Å². The molecule has 0 aliphatic carbocycles. The number of hydrogen-bond donors (Lipinski definition) is 2. The van der Waals surface area contributed by atoms with Gasteiger partial charge in [0.05, 0.1) is 16.6 Å². The number of nitrogens with zero attached hydrogens (tertiary/aromatic N) is 2. The van der Waals surface area contributed by atoms with Crippen molar-refractivity contribution in [1.29, 1.82) is 0 Å². The summed E-state index contributed by atoms with van der Waals surface area (Å²) in [7, 11) is -2.80. The number of benzene rings is 2. The number of ketones is 1. The van der Waals surface area contributed by atoms with Crippen molar-refractivity contribution in [3.63, 3.8) is 0 Å². The van der Waals surface area contributed by atoms with Crippen molar-refractivity contribution in [1.82, 2.24) is 14.7 Å². The van der Waals surface area contributed by atoms with E-state index in [-0.39, 0.29) is 30.5 Å². The molecule has 0 spiro atoms. The summed E-state index contributed by atoms with van der Waals surface area (Å²) in [4.78, 5) is 20.7. The summed E-state index contributed by atoms with van der Waals surface area (Å²) < 4.78 is 66.0. The zero-order chi connectivity index (χ0) is 20.3. The summed E-state index contributed by atoms with van der Waals surface area (Å²) in [6, 6.07) is 4.80. The number of halogens is 3. The Morgan fingerprint density at radius 3 is 2.43 bits per heavy atom. The third-order valence-electron chi connectivity index (χ3n) is 4.05. The van der Waals surface area contributed by atoms with E-state index in [0.717, 1.165) is 0 Å². The van der Waals surface area contributed by atoms with Crippen molar-refractivity contribution < 1.29 is 26.4 Å². The van der Waals surface area contributed by atoms with E-state index in [1.54, 1.807) is 0 Å². The maximum absolute atomic E-state index is 14.8. The van der Waals surface area contributed by atoms with Crippen LogP contribution in [0.5, 0.6) is 0 Å². The molecule has 1 aromatic heterocycles.